The molecule has 114 heavy (non-hydrogen) atoms. The molecule has 0 aliphatic heterocycles. The fraction of sp³-hybridized carbons (Fsp3) is 0.114. The lowest BCUT2D eigenvalue weighted by molar-refractivity contribution is 0.380. The Hall–Kier alpha value is -15.3. The van der Waals surface area contributed by atoms with E-state index in [1.54, 1.807) is 77.0 Å². The predicted molar refractivity (Wildman–Crippen MR) is 445 cm³/mol. The molecule has 0 unspecified atom stereocenters. The van der Waals surface area contributed by atoms with Crippen LogP contribution in [0.4, 0.5) is 23.5 Å². The van der Waals surface area contributed by atoms with Gasteiger partial charge in [-0.1, -0.05) is 110 Å². The number of aryl methyl sites for hydroxylation is 2. The standard InChI is InChI=1S/C30H26N8O2.C30H24N6O.C28H22N8O/c1-17-7-4-9-21(13-17)38-24(18(2)35-27-26-23(11-6-12-32-26)36-29(31)37-27)14-19-8-5-10-22(25(19)28(38)39)20-15-33-30(40-3)34-16-20;1-19(14-26-29-25(12-7-13-33-29)34-20(2)35-26)27-15-21-8-6-11-24(22-16-31-18-32-17-22)28(21)30(37)36(27)23-9-4-3-5-10-23;1-17(33-26-25-22(11-6-13-30-25)34-28(29)35-26)23-15-18-7-5-10-21(19-12-14-31-32-16-19)24(18)27(37)36(23)20-8-3-2-4-9-20/h4-16,18H,1-3H3,(H3,31,35,36,37);3-13,15-19H,14H2,1-2H3;2-17H,1H3,(H3,29,33,34,35)/t18-;19-;17-/m010/s1. The van der Waals surface area contributed by atoms with E-state index in [1.807, 2.05) is 214 Å². The van der Waals surface area contributed by atoms with Crippen molar-refractivity contribution in [1.29, 1.82) is 0 Å². The fourth-order valence-electron chi connectivity index (χ4n) is 14.5. The first-order valence-corrected chi connectivity index (χ1v) is 36.6. The Morgan fingerprint density at radius 2 is 0.868 bits per heavy atom. The number of hydrogen-bond acceptors (Lipinski definition) is 23. The van der Waals surface area contributed by atoms with Crippen LogP contribution in [-0.4, -0.2) is 95.8 Å². The van der Waals surface area contributed by atoms with Gasteiger partial charge in [-0.15, -0.1) is 0 Å². The Morgan fingerprint density at radius 1 is 0.412 bits per heavy atom. The minimum atomic E-state index is -0.356. The SMILES string of the molecule is COc1ncc(-c2cccc3cc([C@H](C)Nc4nc(N)nc5cccnc45)n(-c4cccc(C)c4)c(=O)c23)cn1.C[C@H](Nc1nc(N)nc2cccnc12)c1cc2cccc(-c3ccnnc3)c2c(=O)n1-c1ccccc1.Cc1nc(C[C@@H](C)c2cc3cccc(-c4cncnc4)c3c(=O)n2-c2ccccc2)c2ncccc2n1. The molecule has 3 atom stereocenters. The van der Waals surface area contributed by atoms with Gasteiger partial charge in [0.1, 0.15) is 28.7 Å². The molecule has 0 radical (unpaired) electrons. The smallest absolute Gasteiger partial charge is 0.316 e. The number of nitrogens with zero attached hydrogens (tertiary/aromatic N) is 18. The molecular formula is C88H72N22O4. The summed E-state index contributed by atoms with van der Waals surface area (Å²) in [5, 5.41) is 19.0. The van der Waals surface area contributed by atoms with Crippen LogP contribution in [0.3, 0.4) is 0 Å². The number of pyridine rings is 6. The van der Waals surface area contributed by atoms with Crippen LogP contribution < -0.4 is 43.5 Å². The maximum atomic E-state index is 14.4. The van der Waals surface area contributed by atoms with E-state index in [2.05, 4.69) is 93.6 Å². The van der Waals surface area contributed by atoms with Gasteiger partial charge in [0, 0.05) is 107 Å². The van der Waals surface area contributed by atoms with Gasteiger partial charge >= 0.3 is 6.01 Å². The second-order valence-electron chi connectivity index (χ2n) is 27.2. The minimum Gasteiger partial charge on any atom is -0.467 e. The summed E-state index contributed by atoms with van der Waals surface area (Å²) in [4.78, 5) is 99.8. The molecule has 26 heteroatoms. The van der Waals surface area contributed by atoms with E-state index in [0.29, 0.717) is 67.7 Å². The maximum absolute atomic E-state index is 14.4. The normalized spacial score (nSPS) is 12.1. The predicted octanol–water partition coefficient (Wildman–Crippen LogP) is 14.8. The zero-order chi connectivity index (χ0) is 78.5. The highest BCUT2D eigenvalue weighted by molar-refractivity contribution is 5.99. The van der Waals surface area contributed by atoms with Crippen molar-refractivity contribution in [2.45, 2.75) is 59.0 Å². The number of methoxy groups -OCH3 is 1. The van der Waals surface area contributed by atoms with Gasteiger partial charge in [-0.05, 0) is 163 Å². The number of nitrogens with two attached hydrogens (primary N) is 2. The Balaban J connectivity index is 0.000000129. The Morgan fingerprint density at radius 3 is 1.37 bits per heavy atom. The highest BCUT2D eigenvalue weighted by Gasteiger charge is 2.26. The molecular weight excluding hydrogens is 1430 g/mol. The topological polar surface area (TPSA) is 345 Å². The lowest BCUT2D eigenvalue weighted by Gasteiger charge is -2.22. The second-order valence-corrected chi connectivity index (χ2v) is 27.2. The van der Waals surface area contributed by atoms with Gasteiger partial charge in [-0.3, -0.25) is 43.0 Å². The van der Waals surface area contributed by atoms with Gasteiger partial charge in [0.25, 0.3) is 16.7 Å². The first-order chi connectivity index (χ1) is 55.6. The van der Waals surface area contributed by atoms with Crippen molar-refractivity contribution in [2.24, 2.45) is 0 Å². The van der Waals surface area contributed by atoms with Crippen LogP contribution in [0.15, 0.2) is 277 Å². The molecule has 0 amide bonds. The van der Waals surface area contributed by atoms with Crippen molar-refractivity contribution in [2.75, 3.05) is 29.2 Å². The second kappa shape index (κ2) is 31.7. The van der Waals surface area contributed by atoms with Gasteiger partial charge in [0.15, 0.2) is 11.6 Å². The number of benzene rings is 6. The summed E-state index contributed by atoms with van der Waals surface area (Å²) in [6.45, 7) is 9.97. The van der Waals surface area contributed by atoms with Gasteiger partial charge in [-0.2, -0.15) is 20.2 Å². The molecule has 12 heterocycles. The Labute approximate surface area is 651 Å². The van der Waals surface area contributed by atoms with Crippen LogP contribution in [0.2, 0.25) is 0 Å². The quantitative estimate of drug-likeness (QED) is 0.0698. The molecule has 0 saturated heterocycles. The summed E-state index contributed by atoms with van der Waals surface area (Å²) >= 11 is 0. The number of para-hydroxylation sites is 2. The van der Waals surface area contributed by atoms with Gasteiger partial charge in [0.05, 0.1) is 70.0 Å². The number of hydrogen-bond donors (Lipinski definition) is 4. The van der Waals surface area contributed by atoms with E-state index in [0.717, 1.165) is 100 Å². The lowest BCUT2D eigenvalue weighted by atomic mass is 9.95. The summed E-state index contributed by atoms with van der Waals surface area (Å²) in [6, 6.07) is 63.4. The number of rotatable bonds is 16. The Kier molecular flexibility index (Phi) is 20.3. The third-order valence-electron chi connectivity index (χ3n) is 19.6. The molecule has 18 aromatic rings. The van der Waals surface area contributed by atoms with E-state index < -0.39 is 0 Å². The molecule has 0 fully saturated rings. The van der Waals surface area contributed by atoms with E-state index in [4.69, 9.17) is 21.2 Å². The third kappa shape index (κ3) is 14.7. The van der Waals surface area contributed by atoms with Crippen LogP contribution in [0.5, 0.6) is 6.01 Å². The lowest BCUT2D eigenvalue weighted by Crippen LogP contribution is -2.26. The van der Waals surface area contributed by atoms with Crippen molar-refractivity contribution < 1.29 is 4.74 Å². The van der Waals surface area contributed by atoms with Gasteiger partial charge in [-0.25, -0.2) is 39.9 Å². The number of aromatic nitrogens is 18. The number of ether oxygens (including phenoxy) is 1. The van der Waals surface area contributed by atoms with E-state index in [1.165, 1.54) is 13.4 Å². The molecule has 6 N–H and O–H groups in total. The van der Waals surface area contributed by atoms with Crippen molar-refractivity contribution in [1.82, 2.24) is 88.7 Å². The summed E-state index contributed by atoms with van der Waals surface area (Å²) < 4.78 is 10.4. The Bertz CT molecular complexity index is 6570. The van der Waals surface area contributed by atoms with Crippen molar-refractivity contribution in [3.63, 3.8) is 0 Å². The number of nitrogen functional groups attached to an aromatic ring is 2. The number of nitrogens with one attached hydrogen (secondary N) is 2. The summed E-state index contributed by atoms with van der Waals surface area (Å²) in [7, 11) is 1.51. The van der Waals surface area contributed by atoms with Crippen LogP contribution in [-0.2, 0) is 6.42 Å². The third-order valence-corrected chi connectivity index (χ3v) is 19.6. The first-order valence-electron chi connectivity index (χ1n) is 36.6. The number of fused-ring (bicyclic) bond motifs is 6. The molecule has 0 spiro atoms. The fourth-order valence-corrected chi connectivity index (χ4v) is 14.5. The van der Waals surface area contributed by atoms with Crippen molar-refractivity contribution in [3.05, 3.63) is 328 Å². The molecule has 6 aromatic carbocycles. The highest BCUT2D eigenvalue weighted by atomic mass is 16.5. The van der Waals surface area contributed by atoms with Crippen molar-refractivity contribution >= 4 is 88.9 Å². The highest BCUT2D eigenvalue weighted by Crippen LogP contribution is 2.36. The van der Waals surface area contributed by atoms with Crippen LogP contribution >= 0.6 is 0 Å². The summed E-state index contributed by atoms with van der Waals surface area (Å²) in [6.07, 6.45) is 17.3. The average Bonchev–Trinajstić information content (AvgIpc) is 0.755. The number of anilines is 4. The maximum Gasteiger partial charge on any atom is 0.316 e. The zero-order valence-corrected chi connectivity index (χ0v) is 62.6. The van der Waals surface area contributed by atoms with Crippen LogP contribution in [0, 0.1) is 13.8 Å². The molecule has 0 aliphatic rings. The van der Waals surface area contributed by atoms with Crippen LogP contribution in [0.25, 0.3) is 116 Å². The summed E-state index contributed by atoms with van der Waals surface area (Å²) in [5.41, 5.74) is 27.0. The molecule has 26 nitrogen and oxygen atoms in total. The molecule has 18 rings (SSSR count). The first kappa shape index (κ1) is 72.8. The van der Waals surface area contributed by atoms with E-state index >= 15 is 0 Å². The molecule has 0 saturated carbocycles. The van der Waals surface area contributed by atoms with E-state index in [9.17, 15) is 14.4 Å². The van der Waals surface area contributed by atoms with E-state index in [-0.39, 0.29) is 52.6 Å². The average molecular weight is 1500 g/mol. The van der Waals surface area contributed by atoms with Gasteiger partial charge < -0.3 is 26.8 Å². The molecule has 12 aromatic heterocycles. The van der Waals surface area contributed by atoms with Crippen molar-refractivity contribution in [3.8, 4) is 56.5 Å². The summed E-state index contributed by atoms with van der Waals surface area (Å²) in [5.74, 6) is 1.94. The monoisotopic (exact) mass is 1500 g/mol. The van der Waals surface area contributed by atoms with Crippen LogP contribution in [0.1, 0.15) is 72.9 Å². The largest absolute Gasteiger partial charge is 0.467 e. The zero-order valence-electron chi connectivity index (χ0n) is 62.6. The minimum absolute atomic E-state index is 0.0273. The molecule has 558 valence electrons. The molecule has 0 bridgehead atoms. The van der Waals surface area contributed by atoms with Gasteiger partial charge in [0.2, 0.25) is 11.9 Å². The molecule has 0 aliphatic carbocycles.